The lowest BCUT2D eigenvalue weighted by Gasteiger charge is -2.38. The molecule has 1 amide bonds. The second-order valence-corrected chi connectivity index (χ2v) is 12.7. The van der Waals surface area contributed by atoms with Crippen LogP contribution in [0.3, 0.4) is 0 Å². The minimum absolute atomic E-state index is 0.00752. The second kappa shape index (κ2) is 13.4. The summed E-state index contributed by atoms with van der Waals surface area (Å²) in [6, 6.07) is 14.8. The van der Waals surface area contributed by atoms with E-state index in [1.165, 1.54) is 66.6 Å². The van der Waals surface area contributed by atoms with Gasteiger partial charge in [0.25, 0.3) is 15.9 Å². The summed E-state index contributed by atoms with van der Waals surface area (Å²) in [5, 5.41) is 9.91. The molecule has 3 atom stereocenters. The van der Waals surface area contributed by atoms with Gasteiger partial charge in [0.2, 0.25) is 0 Å². The molecule has 13 heteroatoms. The molecule has 0 unspecified atom stereocenters. The molecule has 0 bridgehead atoms. The number of nitrogens with one attached hydrogen (secondary N) is 1. The second-order valence-electron chi connectivity index (χ2n) is 11.0. The van der Waals surface area contributed by atoms with Crippen molar-refractivity contribution in [1.82, 2.24) is 9.80 Å². The predicted molar refractivity (Wildman–Crippen MR) is 159 cm³/mol. The first-order chi connectivity index (χ1) is 20.7. The van der Waals surface area contributed by atoms with Crippen molar-refractivity contribution in [3.8, 4) is 11.5 Å². The van der Waals surface area contributed by atoms with E-state index in [-0.39, 0.29) is 41.0 Å². The first kappa shape index (κ1) is 33.1. The molecule has 3 aromatic rings. The summed E-state index contributed by atoms with van der Waals surface area (Å²) in [7, 11) is -0.692. The third-order valence-corrected chi connectivity index (χ3v) is 8.91. The highest BCUT2D eigenvalue weighted by Crippen LogP contribution is 2.32. The highest BCUT2D eigenvalue weighted by molar-refractivity contribution is 7.92. The molecule has 0 radical (unpaired) electrons. The highest BCUT2D eigenvalue weighted by Gasteiger charge is 2.34. The molecule has 0 aromatic heterocycles. The number of fused-ring (bicyclic) bond motifs is 1. The molecule has 0 spiro atoms. The first-order valence-corrected chi connectivity index (χ1v) is 15.4. The maximum Gasteiger partial charge on any atom is 0.416 e. The smallest absolute Gasteiger partial charge is 0.416 e. The number of carbonyl (C=O) groups excluding carboxylic acids is 1. The van der Waals surface area contributed by atoms with Gasteiger partial charge in [-0.1, -0.05) is 19.1 Å². The predicted octanol–water partition coefficient (Wildman–Crippen LogP) is 4.87. The third-order valence-electron chi connectivity index (χ3n) is 7.51. The van der Waals surface area contributed by atoms with Crippen molar-refractivity contribution >= 4 is 21.6 Å². The molecule has 4 rings (SSSR count). The van der Waals surface area contributed by atoms with Crippen molar-refractivity contribution < 1.29 is 41.0 Å². The molecule has 0 fully saturated rings. The Morgan fingerprint density at radius 3 is 2.36 bits per heavy atom. The van der Waals surface area contributed by atoms with E-state index in [0.29, 0.717) is 24.4 Å². The Morgan fingerprint density at radius 2 is 1.77 bits per heavy atom. The quantitative estimate of drug-likeness (QED) is 0.328. The van der Waals surface area contributed by atoms with Crippen LogP contribution in [0.4, 0.5) is 18.9 Å². The maximum absolute atomic E-state index is 13.7. The summed E-state index contributed by atoms with van der Waals surface area (Å²) in [5.41, 5.74) is 0.255. The number of benzene rings is 3. The van der Waals surface area contributed by atoms with Gasteiger partial charge in [-0.05, 0) is 74.1 Å². The molecular weight excluding hydrogens is 599 g/mol. The van der Waals surface area contributed by atoms with Crippen molar-refractivity contribution in [2.24, 2.45) is 5.92 Å². The molecule has 44 heavy (non-hydrogen) atoms. The number of hydrogen-bond acceptors (Lipinski definition) is 7. The van der Waals surface area contributed by atoms with Crippen molar-refractivity contribution in [3.05, 3.63) is 83.4 Å². The molecule has 0 aliphatic carbocycles. The number of halogens is 3. The normalized spacial score (nSPS) is 18.2. The topological polar surface area (TPSA) is 108 Å². The molecular formula is C31H36F3N3O6S. The van der Waals surface area contributed by atoms with Gasteiger partial charge in [-0.15, -0.1) is 0 Å². The molecule has 0 saturated carbocycles. The van der Waals surface area contributed by atoms with Gasteiger partial charge in [0.1, 0.15) is 17.6 Å². The Balaban J connectivity index is 1.59. The summed E-state index contributed by atoms with van der Waals surface area (Å²) in [6.45, 7) is 4.35. The van der Waals surface area contributed by atoms with E-state index in [9.17, 15) is 31.5 Å². The van der Waals surface area contributed by atoms with Crippen LogP contribution in [-0.2, 0) is 22.7 Å². The van der Waals surface area contributed by atoms with Gasteiger partial charge in [-0.3, -0.25) is 14.4 Å². The van der Waals surface area contributed by atoms with Gasteiger partial charge < -0.3 is 19.5 Å². The van der Waals surface area contributed by atoms with Crippen LogP contribution >= 0.6 is 0 Å². The molecule has 1 aliphatic heterocycles. The lowest BCUT2D eigenvalue weighted by Crippen LogP contribution is -2.49. The molecule has 2 N–H and O–H groups in total. The Labute approximate surface area is 255 Å². The van der Waals surface area contributed by atoms with Crippen LogP contribution in [-0.4, -0.2) is 75.2 Å². The molecule has 1 aliphatic rings. The minimum atomic E-state index is -4.41. The van der Waals surface area contributed by atoms with Gasteiger partial charge in [0.05, 0.1) is 35.8 Å². The number of aliphatic hydroxyl groups is 1. The standard InChI is InChI=1S/C31H36F3N3O6S/c1-20-16-37(21(2)19-38)30(39)27-15-24(35-44(40,41)26-12-10-25(42-4)11-13-26)9-14-28(27)43-29(20)18-36(3)17-22-5-7-23(8-6-22)31(32,33)34/h5-15,20-21,29,35,38H,16-19H2,1-4H3/t20-,21+,29-/m1/s1. The first-order valence-electron chi connectivity index (χ1n) is 14.0. The summed E-state index contributed by atoms with van der Waals surface area (Å²) >= 11 is 0. The molecule has 9 nitrogen and oxygen atoms in total. The van der Waals surface area contributed by atoms with E-state index in [0.717, 1.165) is 12.1 Å². The fourth-order valence-corrected chi connectivity index (χ4v) is 6.00. The summed E-state index contributed by atoms with van der Waals surface area (Å²) in [4.78, 5) is 17.2. The Bertz CT molecular complexity index is 1550. The van der Waals surface area contributed by atoms with E-state index < -0.39 is 39.8 Å². The Hall–Kier alpha value is -3.81. The fraction of sp³-hybridized carbons (Fsp3) is 0.387. The van der Waals surface area contributed by atoms with Crippen LogP contribution in [0.25, 0.3) is 0 Å². The summed E-state index contributed by atoms with van der Waals surface area (Å²) < 4.78 is 79.0. The highest BCUT2D eigenvalue weighted by atomic mass is 32.2. The van der Waals surface area contributed by atoms with Crippen molar-refractivity contribution in [2.75, 3.05) is 38.6 Å². The number of methoxy groups -OCH3 is 1. The molecule has 3 aromatic carbocycles. The molecule has 1 heterocycles. The minimum Gasteiger partial charge on any atom is -0.497 e. The number of nitrogens with zero attached hydrogens (tertiary/aromatic N) is 2. The van der Waals surface area contributed by atoms with Crippen molar-refractivity contribution in [2.45, 2.75) is 43.6 Å². The van der Waals surface area contributed by atoms with Crippen LogP contribution in [0.15, 0.2) is 71.6 Å². The largest absolute Gasteiger partial charge is 0.497 e. The average molecular weight is 636 g/mol. The van der Waals surface area contributed by atoms with E-state index in [2.05, 4.69) is 4.72 Å². The zero-order chi connectivity index (χ0) is 32.2. The molecule has 0 saturated heterocycles. The summed E-state index contributed by atoms with van der Waals surface area (Å²) in [5.74, 6) is 0.136. The summed E-state index contributed by atoms with van der Waals surface area (Å²) in [6.07, 6.45) is -4.86. The number of alkyl halides is 3. The van der Waals surface area contributed by atoms with E-state index in [4.69, 9.17) is 9.47 Å². The maximum atomic E-state index is 13.7. The van der Waals surface area contributed by atoms with E-state index in [1.54, 1.807) is 6.92 Å². The number of anilines is 1. The number of aliphatic hydroxyl groups excluding tert-OH is 1. The monoisotopic (exact) mass is 635 g/mol. The number of amides is 1. The lowest BCUT2D eigenvalue weighted by molar-refractivity contribution is -0.137. The SMILES string of the molecule is COc1ccc(S(=O)(=O)Nc2ccc3c(c2)C(=O)N([C@@H](C)CO)C[C@@H](C)[C@@H](CN(C)Cc2ccc(C(F)(F)F)cc2)O3)cc1. The van der Waals surface area contributed by atoms with Gasteiger partial charge in [0.15, 0.2) is 0 Å². The van der Waals surface area contributed by atoms with Gasteiger partial charge in [-0.25, -0.2) is 8.42 Å². The average Bonchev–Trinajstić information content (AvgIpc) is 2.98. The number of hydrogen-bond donors (Lipinski definition) is 2. The van der Waals surface area contributed by atoms with Gasteiger partial charge in [-0.2, -0.15) is 13.2 Å². The third kappa shape index (κ3) is 7.82. The number of rotatable bonds is 10. The van der Waals surface area contributed by atoms with Gasteiger partial charge >= 0.3 is 6.18 Å². The Kier molecular flexibility index (Phi) is 10.1. The van der Waals surface area contributed by atoms with Crippen LogP contribution in [0.5, 0.6) is 11.5 Å². The van der Waals surface area contributed by atoms with Crippen LogP contribution in [0.2, 0.25) is 0 Å². The fourth-order valence-electron chi connectivity index (χ4n) is 4.96. The van der Waals surface area contributed by atoms with Crippen LogP contribution in [0.1, 0.15) is 35.3 Å². The molecule has 238 valence electrons. The van der Waals surface area contributed by atoms with Crippen molar-refractivity contribution in [3.63, 3.8) is 0 Å². The van der Waals surface area contributed by atoms with Gasteiger partial charge in [0, 0.05) is 31.2 Å². The number of ether oxygens (including phenoxy) is 2. The Morgan fingerprint density at radius 1 is 1.11 bits per heavy atom. The zero-order valence-electron chi connectivity index (χ0n) is 24.8. The van der Waals surface area contributed by atoms with Crippen LogP contribution < -0.4 is 14.2 Å². The van der Waals surface area contributed by atoms with Crippen LogP contribution in [0, 0.1) is 5.92 Å². The van der Waals surface area contributed by atoms with Crippen molar-refractivity contribution in [1.29, 1.82) is 0 Å². The number of carbonyl (C=O) groups is 1. The lowest BCUT2D eigenvalue weighted by atomic mass is 9.99. The van der Waals surface area contributed by atoms with E-state index >= 15 is 0 Å². The number of sulfonamides is 1. The zero-order valence-corrected chi connectivity index (χ0v) is 25.7. The number of likely N-dealkylation sites (N-methyl/N-ethyl adjacent to an activating group) is 1. The van der Waals surface area contributed by atoms with E-state index in [1.807, 2.05) is 18.9 Å².